The Bertz CT molecular complexity index is 641. The molecule has 2 aromatic rings. The SMILES string of the molecule is Cc1ccccc1CCNC(=O)C[S@](=O)Cc1ccccc1. The molecule has 4 heteroatoms. The van der Waals surface area contributed by atoms with Gasteiger partial charge in [0, 0.05) is 23.1 Å². The molecule has 0 heterocycles. The van der Waals surface area contributed by atoms with Gasteiger partial charge < -0.3 is 5.32 Å². The Balaban J connectivity index is 1.72. The molecule has 0 saturated heterocycles. The van der Waals surface area contributed by atoms with Crippen molar-refractivity contribution < 1.29 is 9.00 Å². The number of hydrogen-bond donors (Lipinski definition) is 1. The summed E-state index contributed by atoms with van der Waals surface area (Å²) < 4.78 is 12.0. The lowest BCUT2D eigenvalue weighted by Crippen LogP contribution is -2.30. The molecule has 116 valence electrons. The van der Waals surface area contributed by atoms with Crippen molar-refractivity contribution in [1.29, 1.82) is 0 Å². The van der Waals surface area contributed by atoms with E-state index in [-0.39, 0.29) is 11.7 Å². The second kappa shape index (κ2) is 8.49. The van der Waals surface area contributed by atoms with Gasteiger partial charge in [-0.05, 0) is 30.0 Å². The average molecular weight is 315 g/mol. The molecule has 0 radical (unpaired) electrons. The molecule has 3 nitrogen and oxygen atoms in total. The molecule has 1 amide bonds. The zero-order valence-corrected chi connectivity index (χ0v) is 13.6. The van der Waals surface area contributed by atoms with Crippen LogP contribution in [0.3, 0.4) is 0 Å². The van der Waals surface area contributed by atoms with E-state index >= 15 is 0 Å². The van der Waals surface area contributed by atoms with Crippen LogP contribution >= 0.6 is 0 Å². The first-order chi connectivity index (χ1) is 10.6. The Morgan fingerprint density at radius 1 is 1.05 bits per heavy atom. The molecule has 0 bridgehead atoms. The molecule has 0 aliphatic rings. The number of rotatable bonds is 7. The molecule has 0 fully saturated rings. The highest BCUT2D eigenvalue weighted by Crippen LogP contribution is 2.07. The van der Waals surface area contributed by atoms with Gasteiger partial charge in [0.25, 0.3) is 0 Å². The zero-order chi connectivity index (χ0) is 15.8. The quantitative estimate of drug-likeness (QED) is 0.853. The van der Waals surface area contributed by atoms with Crippen LogP contribution in [0.15, 0.2) is 54.6 Å². The van der Waals surface area contributed by atoms with Crippen LogP contribution < -0.4 is 5.32 Å². The third kappa shape index (κ3) is 5.45. The minimum atomic E-state index is -1.17. The molecular formula is C18H21NO2S. The van der Waals surface area contributed by atoms with Gasteiger partial charge >= 0.3 is 0 Å². The zero-order valence-electron chi connectivity index (χ0n) is 12.7. The summed E-state index contributed by atoms with van der Waals surface area (Å²) in [5.41, 5.74) is 3.45. The number of carbonyl (C=O) groups is 1. The largest absolute Gasteiger partial charge is 0.355 e. The van der Waals surface area contributed by atoms with E-state index < -0.39 is 10.8 Å². The van der Waals surface area contributed by atoms with Crippen LogP contribution in [-0.2, 0) is 27.8 Å². The van der Waals surface area contributed by atoms with Crippen molar-refractivity contribution in [3.63, 3.8) is 0 Å². The van der Waals surface area contributed by atoms with Crippen molar-refractivity contribution in [1.82, 2.24) is 5.32 Å². The lowest BCUT2D eigenvalue weighted by atomic mass is 10.1. The van der Waals surface area contributed by atoms with Crippen molar-refractivity contribution in [2.75, 3.05) is 12.3 Å². The van der Waals surface area contributed by atoms with E-state index in [0.717, 1.165) is 12.0 Å². The lowest BCUT2D eigenvalue weighted by molar-refractivity contribution is -0.118. The summed E-state index contributed by atoms with van der Waals surface area (Å²) in [6, 6.07) is 17.7. The number of aryl methyl sites for hydroxylation is 1. The molecule has 1 N–H and O–H groups in total. The van der Waals surface area contributed by atoms with Gasteiger partial charge in [-0.3, -0.25) is 9.00 Å². The summed E-state index contributed by atoms with van der Waals surface area (Å²) in [6.07, 6.45) is 0.795. The van der Waals surface area contributed by atoms with Gasteiger partial charge in [0.05, 0.1) is 0 Å². The molecule has 0 saturated carbocycles. The molecule has 2 aromatic carbocycles. The summed E-state index contributed by atoms with van der Waals surface area (Å²) in [7, 11) is -1.17. The third-order valence-corrected chi connectivity index (χ3v) is 4.68. The minimum Gasteiger partial charge on any atom is -0.355 e. The lowest BCUT2D eigenvalue weighted by Gasteiger charge is -2.07. The van der Waals surface area contributed by atoms with Gasteiger partial charge in [-0.25, -0.2) is 0 Å². The summed E-state index contributed by atoms with van der Waals surface area (Å²) in [4.78, 5) is 11.8. The topological polar surface area (TPSA) is 46.2 Å². The molecule has 0 aliphatic heterocycles. The third-order valence-electron chi connectivity index (χ3n) is 3.44. The Morgan fingerprint density at radius 2 is 1.73 bits per heavy atom. The highest BCUT2D eigenvalue weighted by atomic mass is 32.2. The number of amides is 1. The molecule has 0 unspecified atom stereocenters. The monoisotopic (exact) mass is 315 g/mol. The molecule has 22 heavy (non-hydrogen) atoms. The minimum absolute atomic E-state index is 0.0582. The molecular weight excluding hydrogens is 294 g/mol. The fourth-order valence-corrected chi connectivity index (χ4v) is 3.30. The molecule has 2 rings (SSSR count). The molecule has 0 aromatic heterocycles. The van der Waals surface area contributed by atoms with Crippen molar-refractivity contribution >= 4 is 16.7 Å². The van der Waals surface area contributed by atoms with Crippen molar-refractivity contribution in [3.8, 4) is 0 Å². The van der Waals surface area contributed by atoms with Crippen LogP contribution in [0, 0.1) is 6.92 Å². The Labute approximate surface area is 134 Å². The highest BCUT2D eigenvalue weighted by molar-refractivity contribution is 7.84. The van der Waals surface area contributed by atoms with E-state index in [1.165, 1.54) is 11.1 Å². The van der Waals surface area contributed by atoms with Gasteiger partial charge in [0.1, 0.15) is 5.75 Å². The van der Waals surface area contributed by atoms with Crippen molar-refractivity contribution in [2.24, 2.45) is 0 Å². The highest BCUT2D eigenvalue weighted by Gasteiger charge is 2.08. The maximum Gasteiger partial charge on any atom is 0.232 e. The summed E-state index contributed by atoms with van der Waals surface area (Å²) in [5, 5.41) is 2.84. The smallest absolute Gasteiger partial charge is 0.232 e. The van der Waals surface area contributed by atoms with Crippen LogP contribution in [0.4, 0.5) is 0 Å². The van der Waals surface area contributed by atoms with E-state index in [2.05, 4.69) is 24.4 Å². The predicted molar refractivity (Wildman–Crippen MR) is 91.0 cm³/mol. The maximum atomic E-state index is 12.0. The van der Waals surface area contributed by atoms with Crippen LogP contribution in [0.5, 0.6) is 0 Å². The second-order valence-corrected chi connectivity index (χ2v) is 6.70. The predicted octanol–water partition coefficient (Wildman–Crippen LogP) is 2.60. The van der Waals surface area contributed by atoms with Crippen molar-refractivity contribution in [2.45, 2.75) is 19.1 Å². The van der Waals surface area contributed by atoms with Gasteiger partial charge in [-0.2, -0.15) is 0 Å². The van der Waals surface area contributed by atoms with Crippen LogP contribution in [0.1, 0.15) is 16.7 Å². The van der Waals surface area contributed by atoms with Crippen LogP contribution in [0.25, 0.3) is 0 Å². The fraction of sp³-hybridized carbons (Fsp3) is 0.278. The van der Waals surface area contributed by atoms with Crippen LogP contribution in [-0.4, -0.2) is 22.4 Å². The molecule has 0 spiro atoms. The Morgan fingerprint density at radius 3 is 2.45 bits per heavy atom. The summed E-state index contributed by atoms with van der Waals surface area (Å²) in [6.45, 7) is 2.64. The molecule has 1 atom stereocenters. The number of benzene rings is 2. The van der Waals surface area contributed by atoms with Gasteiger partial charge in [-0.1, -0.05) is 54.6 Å². The number of carbonyl (C=O) groups excluding carboxylic acids is 1. The first kappa shape index (κ1) is 16.4. The molecule has 0 aliphatic carbocycles. The standard InChI is InChI=1S/C18H21NO2S/c1-15-7-5-6-10-17(15)11-12-19-18(20)14-22(21)13-16-8-3-2-4-9-16/h2-10H,11-14H2,1H3,(H,19,20)/t22-/m1/s1. The number of hydrogen-bond acceptors (Lipinski definition) is 2. The van der Waals surface area contributed by atoms with E-state index in [0.29, 0.717) is 12.3 Å². The van der Waals surface area contributed by atoms with Crippen molar-refractivity contribution in [3.05, 3.63) is 71.3 Å². The van der Waals surface area contributed by atoms with E-state index in [9.17, 15) is 9.00 Å². The normalized spacial score (nSPS) is 11.9. The van der Waals surface area contributed by atoms with Gasteiger partial charge in [0.2, 0.25) is 5.91 Å². The summed E-state index contributed by atoms with van der Waals surface area (Å²) >= 11 is 0. The fourth-order valence-electron chi connectivity index (χ4n) is 2.24. The number of nitrogens with one attached hydrogen (secondary N) is 1. The Kier molecular flexibility index (Phi) is 6.34. The van der Waals surface area contributed by atoms with E-state index in [1.54, 1.807) is 0 Å². The Hall–Kier alpha value is -1.94. The maximum absolute atomic E-state index is 12.0. The van der Waals surface area contributed by atoms with E-state index in [4.69, 9.17) is 0 Å². The van der Waals surface area contributed by atoms with Gasteiger partial charge in [0.15, 0.2) is 0 Å². The van der Waals surface area contributed by atoms with E-state index in [1.807, 2.05) is 42.5 Å². The van der Waals surface area contributed by atoms with Crippen LogP contribution in [0.2, 0.25) is 0 Å². The summed E-state index contributed by atoms with van der Waals surface area (Å²) in [5.74, 6) is 0.331. The van der Waals surface area contributed by atoms with Gasteiger partial charge in [-0.15, -0.1) is 0 Å². The first-order valence-corrected chi connectivity index (χ1v) is 8.84. The first-order valence-electron chi connectivity index (χ1n) is 7.35. The average Bonchev–Trinajstić information content (AvgIpc) is 2.50. The second-order valence-electron chi connectivity index (χ2n) is 5.24.